The topological polar surface area (TPSA) is 37.9 Å². The fourth-order valence-corrected chi connectivity index (χ4v) is 1.37. The second kappa shape index (κ2) is 2.68. The lowest BCUT2D eigenvalue weighted by Crippen LogP contribution is -1.84. The molecule has 0 amide bonds. The third-order valence-corrected chi connectivity index (χ3v) is 1.92. The molecule has 0 fully saturated rings. The van der Waals surface area contributed by atoms with E-state index in [4.69, 9.17) is 16.3 Å². The molecular formula is C8H7ClN2O. The first-order chi connectivity index (χ1) is 5.81. The van der Waals surface area contributed by atoms with Crippen LogP contribution in [0, 0.1) is 0 Å². The number of nitrogens with one attached hydrogen (secondary N) is 1. The van der Waals surface area contributed by atoms with E-state index >= 15 is 0 Å². The lowest BCUT2D eigenvalue weighted by Gasteiger charge is -2.00. The Kier molecular flexibility index (Phi) is 1.66. The van der Waals surface area contributed by atoms with Crippen molar-refractivity contribution < 1.29 is 4.74 Å². The van der Waals surface area contributed by atoms with E-state index in [1.165, 1.54) is 0 Å². The zero-order chi connectivity index (χ0) is 8.55. The van der Waals surface area contributed by atoms with Crippen LogP contribution in [-0.4, -0.2) is 17.3 Å². The molecule has 1 heterocycles. The van der Waals surface area contributed by atoms with Crippen LogP contribution in [0.1, 0.15) is 0 Å². The predicted octanol–water partition coefficient (Wildman–Crippen LogP) is 2.22. The molecule has 0 aliphatic rings. The standard InChI is InChI=1S/C8H7ClN2O/c1-12-7-3-6(9)2-5-4-10-11-8(5)7/h2-4H,1H3,(H,10,11). The molecular weight excluding hydrogens is 176 g/mol. The summed E-state index contributed by atoms with van der Waals surface area (Å²) in [6.07, 6.45) is 1.71. The summed E-state index contributed by atoms with van der Waals surface area (Å²) in [5.74, 6) is 0.718. The largest absolute Gasteiger partial charge is 0.494 e. The minimum atomic E-state index is 0.653. The Balaban J connectivity index is 2.80. The minimum Gasteiger partial charge on any atom is -0.494 e. The molecule has 1 aromatic heterocycles. The van der Waals surface area contributed by atoms with Gasteiger partial charge in [-0.05, 0) is 6.07 Å². The minimum absolute atomic E-state index is 0.653. The first kappa shape index (κ1) is 7.43. The highest BCUT2D eigenvalue weighted by atomic mass is 35.5. The third kappa shape index (κ3) is 1.02. The quantitative estimate of drug-likeness (QED) is 0.735. The number of rotatable bonds is 1. The van der Waals surface area contributed by atoms with Gasteiger partial charge in [-0.2, -0.15) is 5.10 Å². The van der Waals surface area contributed by atoms with E-state index in [1.54, 1.807) is 19.4 Å². The Morgan fingerprint density at radius 3 is 3.08 bits per heavy atom. The normalized spacial score (nSPS) is 10.5. The first-order valence-corrected chi connectivity index (χ1v) is 3.85. The Morgan fingerprint density at radius 2 is 2.33 bits per heavy atom. The Morgan fingerprint density at radius 1 is 1.50 bits per heavy atom. The summed E-state index contributed by atoms with van der Waals surface area (Å²) in [5, 5.41) is 8.33. The summed E-state index contributed by atoms with van der Waals surface area (Å²) < 4.78 is 5.11. The maximum Gasteiger partial charge on any atom is 0.145 e. The second-order valence-corrected chi connectivity index (χ2v) is 2.88. The molecule has 1 N–H and O–H groups in total. The van der Waals surface area contributed by atoms with Gasteiger partial charge >= 0.3 is 0 Å². The van der Waals surface area contributed by atoms with Gasteiger partial charge < -0.3 is 4.74 Å². The Hall–Kier alpha value is -1.22. The average molecular weight is 183 g/mol. The summed E-state index contributed by atoms with van der Waals surface area (Å²) in [6.45, 7) is 0. The molecule has 0 unspecified atom stereocenters. The number of fused-ring (bicyclic) bond motifs is 1. The van der Waals surface area contributed by atoms with Gasteiger partial charge in [0, 0.05) is 16.5 Å². The predicted molar refractivity (Wildman–Crippen MR) is 47.7 cm³/mol. The third-order valence-electron chi connectivity index (χ3n) is 1.70. The van der Waals surface area contributed by atoms with Crippen LogP contribution >= 0.6 is 11.6 Å². The molecule has 3 nitrogen and oxygen atoms in total. The smallest absolute Gasteiger partial charge is 0.145 e. The molecule has 0 bridgehead atoms. The molecule has 1 aromatic carbocycles. The Labute approximate surface area is 74.3 Å². The molecule has 0 saturated carbocycles. The molecule has 12 heavy (non-hydrogen) atoms. The highest BCUT2D eigenvalue weighted by Crippen LogP contribution is 2.27. The van der Waals surface area contributed by atoms with E-state index in [2.05, 4.69) is 10.2 Å². The number of nitrogens with zero attached hydrogens (tertiary/aromatic N) is 1. The van der Waals surface area contributed by atoms with E-state index in [1.807, 2.05) is 6.07 Å². The summed E-state index contributed by atoms with van der Waals surface area (Å²) in [4.78, 5) is 0. The molecule has 0 spiro atoms. The number of H-pyrrole nitrogens is 1. The SMILES string of the molecule is COc1cc(Cl)cc2cn[nH]c12. The number of halogens is 1. The molecule has 0 aliphatic carbocycles. The zero-order valence-corrected chi connectivity index (χ0v) is 7.22. The van der Waals surface area contributed by atoms with E-state index < -0.39 is 0 Å². The monoisotopic (exact) mass is 182 g/mol. The fourth-order valence-electron chi connectivity index (χ4n) is 1.15. The number of aromatic amines is 1. The molecule has 0 aliphatic heterocycles. The number of ether oxygens (including phenoxy) is 1. The van der Waals surface area contributed by atoms with Crippen molar-refractivity contribution in [1.82, 2.24) is 10.2 Å². The van der Waals surface area contributed by atoms with Crippen LogP contribution in [0.25, 0.3) is 10.9 Å². The van der Waals surface area contributed by atoms with Gasteiger partial charge in [-0.1, -0.05) is 11.6 Å². The molecule has 4 heteroatoms. The van der Waals surface area contributed by atoms with Crippen LogP contribution in [0.15, 0.2) is 18.3 Å². The van der Waals surface area contributed by atoms with Crippen LogP contribution in [0.3, 0.4) is 0 Å². The van der Waals surface area contributed by atoms with Crippen molar-refractivity contribution >= 4 is 22.5 Å². The number of hydrogen-bond acceptors (Lipinski definition) is 2. The summed E-state index contributed by atoms with van der Waals surface area (Å²) >= 11 is 5.84. The number of hydrogen-bond donors (Lipinski definition) is 1. The van der Waals surface area contributed by atoms with Crippen molar-refractivity contribution in [2.75, 3.05) is 7.11 Å². The van der Waals surface area contributed by atoms with Gasteiger partial charge in [0.15, 0.2) is 0 Å². The van der Waals surface area contributed by atoms with Gasteiger partial charge in [0.25, 0.3) is 0 Å². The van der Waals surface area contributed by atoms with Crippen LogP contribution in [0.2, 0.25) is 5.02 Å². The van der Waals surface area contributed by atoms with Gasteiger partial charge in [-0.15, -0.1) is 0 Å². The maximum absolute atomic E-state index is 5.84. The number of methoxy groups -OCH3 is 1. The van der Waals surface area contributed by atoms with E-state index in [9.17, 15) is 0 Å². The summed E-state index contributed by atoms with van der Waals surface area (Å²) in [5.41, 5.74) is 0.877. The Bertz CT molecular complexity index is 410. The van der Waals surface area contributed by atoms with E-state index in [0.717, 1.165) is 16.7 Å². The van der Waals surface area contributed by atoms with Gasteiger partial charge in [0.1, 0.15) is 11.3 Å². The lowest BCUT2D eigenvalue weighted by molar-refractivity contribution is 0.419. The van der Waals surface area contributed by atoms with Gasteiger partial charge in [0.05, 0.1) is 13.3 Å². The zero-order valence-electron chi connectivity index (χ0n) is 6.47. The van der Waals surface area contributed by atoms with Crippen molar-refractivity contribution in [2.24, 2.45) is 0 Å². The first-order valence-electron chi connectivity index (χ1n) is 3.48. The van der Waals surface area contributed by atoms with E-state index in [-0.39, 0.29) is 0 Å². The molecule has 62 valence electrons. The molecule has 0 atom stereocenters. The molecule has 0 radical (unpaired) electrons. The highest BCUT2D eigenvalue weighted by Gasteiger charge is 2.04. The fraction of sp³-hybridized carbons (Fsp3) is 0.125. The second-order valence-electron chi connectivity index (χ2n) is 2.44. The summed E-state index contributed by atoms with van der Waals surface area (Å²) in [7, 11) is 1.60. The maximum atomic E-state index is 5.84. The summed E-state index contributed by atoms with van der Waals surface area (Å²) in [6, 6.07) is 3.59. The highest BCUT2D eigenvalue weighted by molar-refractivity contribution is 6.31. The lowest BCUT2D eigenvalue weighted by atomic mass is 10.2. The van der Waals surface area contributed by atoms with Crippen LogP contribution in [0.5, 0.6) is 5.75 Å². The molecule has 2 rings (SSSR count). The van der Waals surface area contributed by atoms with Crippen LogP contribution in [-0.2, 0) is 0 Å². The van der Waals surface area contributed by atoms with Crippen molar-refractivity contribution in [3.8, 4) is 5.75 Å². The van der Waals surface area contributed by atoms with E-state index in [0.29, 0.717) is 5.02 Å². The number of aromatic nitrogens is 2. The number of benzene rings is 1. The van der Waals surface area contributed by atoms with Crippen molar-refractivity contribution in [3.63, 3.8) is 0 Å². The van der Waals surface area contributed by atoms with Crippen molar-refractivity contribution in [2.45, 2.75) is 0 Å². The van der Waals surface area contributed by atoms with Crippen molar-refractivity contribution in [3.05, 3.63) is 23.4 Å². The van der Waals surface area contributed by atoms with Crippen molar-refractivity contribution in [1.29, 1.82) is 0 Å². The van der Waals surface area contributed by atoms with Gasteiger partial charge in [-0.25, -0.2) is 0 Å². The van der Waals surface area contributed by atoms with Gasteiger partial charge in [0.2, 0.25) is 0 Å². The van der Waals surface area contributed by atoms with Crippen LogP contribution < -0.4 is 4.74 Å². The molecule has 2 aromatic rings. The molecule has 0 saturated heterocycles. The van der Waals surface area contributed by atoms with Gasteiger partial charge in [-0.3, -0.25) is 5.10 Å². The average Bonchev–Trinajstić information content (AvgIpc) is 2.50. The van der Waals surface area contributed by atoms with Crippen LogP contribution in [0.4, 0.5) is 0 Å².